The SMILES string of the molecule is CCCCOc1ccc([C@@H]2/C(=C(\O)c3ccc4c(c3)C[C@@H](C)O4)C(=O)C(=O)N2c2nc3ccc(OC)cc3s2)cc1OCC. The smallest absolute Gasteiger partial charge is 0.301 e. The number of aliphatic hydroxyl groups is 1. The van der Waals surface area contributed by atoms with Crippen molar-refractivity contribution in [1.29, 1.82) is 0 Å². The Morgan fingerprint density at radius 3 is 2.68 bits per heavy atom. The van der Waals surface area contributed by atoms with E-state index < -0.39 is 17.7 Å². The van der Waals surface area contributed by atoms with Crippen molar-refractivity contribution in [3.63, 3.8) is 0 Å². The van der Waals surface area contributed by atoms with Gasteiger partial charge in [0.05, 0.1) is 42.2 Å². The summed E-state index contributed by atoms with van der Waals surface area (Å²) in [6.07, 6.45) is 2.57. The van der Waals surface area contributed by atoms with Crippen molar-refractivity contribution in [2.45, 2.75) is 52.2 Å². The fourth-order valence-corrected chi connectivity index (χ4v) is 6.62. The Kier molecular flexibility index (Phi) is 8.18. The zero-order valence-electron chi connectivity index (χ0n) is 25.1. The van der Waals surface area contributed by atoms with Crippen LogP contribution in [0.3, 0.4) is 0 Å². The van der Waals surface area contributed by atoms with Crippen LogP contribution in [0.2, 0.25) is 0 Å². The van der Waals surface area contributed by atoms with E-state index in [1.807, 2.05) is 32.0 Å². The number of aliphatic hydroxyl groups excluding tert-OH is 1. The molecular formula is C34H34N2O7S. The third-order valence-electron chi connectivity index (χ3n) is 7.74. The van der Waals surface area contributed by atoms with Crippen molar-refractivity contribution >= 4 is 44.1 Å². The van der Waals surface area contributed by atoms with Gasteiger partial charge in [0.25, 0.3) is 5.78 Å². The zero-order valence-corrected chi connectivity index (χ0v) is 25.9. The zero-order chi connectivity index (χ0) is 31.0. The first kappa shape index (κ1) is 29.5. The number of anilines is 1. The second kappa shape index (κ2) is 12.2. The highest BCUT2D eigenvalue weighted by molar-refractivity contribution is 7.22. The molecule has 2 atom stereocenters. The monoisotopic (exact) mass is 614 g/mol. The molecule has 0 aliphatic carbocycles. The van der Waals surface area contributed by atoms with E-state index in [2.05, 4.69) is 6.92 Å². The normalized spacial score (nSPS) is 18.9. The molecule has 0 saturated carbocycles. The highest BCUT2D eigenvalue weighted by Gasteiger charge is 2.48. The van der Waals surface area contributed by atoms with Gasteiger partial charge in [-0.05, 0) is 79.9 Å². The summed E-state index contributed by atoms with van der Waals surface area (Å²) in [6, 6.07) is 15.1. The predicted octanol–water partition coefficient (Wildman–Crippen LogP) is 6.83. The number of fused-ring (bicyclic) bond motifs is 2. The molecule has 1 aromatic heterocycles. The molecule has 0 unspecified atom stereocenters. The van der Waals surface area contributed by atoms with E-state index in [0.29, 0.717) is 58.7 Å². The Morgan fingerprint density at radius 2 is 1.91 bits per heavy atom. The number of ketones is 1. The summed E-state index contributed by atoms with van der Waals surface area (Å²) in [5.41, 5.74) is 2.57. The van der Waals surface area contributed by atoms with Crippen LogP contribution in [0.1, 0.15) is 56.3 Å². The highest BCUT2D eigenvalue weighted by Crippen LogP contribution is 2.46. The van der Waals surface area contributed by atoms with Gasteiger partial charge in [0.1, 0.15) is 23.4 Å². The number of carbonyl (C=O) groups excluding carboxylic acids is 2. The molecule has 10 heteroatoms. The molecule has 3 heterocycles. The van der Waals surface area contributed by atoms with Gasteiger partial charge in [-0.15, -0.1) is 0 Å². The summed E-state index contributed by atoms with van der Waals surface area (Å²) >= 11 is 1.27. The van der Waals surface area contributed by atoms with E-state index in [1.165, 1.54) is 16.2 Å². The summed E-state index contributed by atoms with van der Waals surface area (Å²) in [5, 5.41) is 12.1. The molecule has 1 amide bonds. The van der Waals surface area contributed by atoms with Gasteiger partial charge in [-0.1, -0.05) is 30.7 Å². The van der Waals surface area contributed by atoms with Crippen molar-refractivity contribution in [1.82, 2.24) is 4.98 Å². The van der Waals surface area contributed by atoms with Gasteiger partial charge in [-0.2, -0.15) is 0 Å². The summed E-state index contributed by atoms with van der Waals surface area (Å²) < 4.78 is 23.9. The molecule has 0 bridgehead atoms. The first-order chi connectivity index (χ1) is 21.3. The van der Waals surface area contributed by atoms with E-state index in [1.54, 1.807) is 43.5 Å². The molecule has 3 aromatic carbocycles. The van der Waals surface area contributed by atoms with Crippen LogP contribution in [-0.4, -0.2) is 48.2 Å². The lowest BCUT2D eigenvalue weighted by Crippen LogP contribution is -2.29. The maximum atomic E-state index is 13.8. The number of thiazole rings is 1. The van der Waals surface area contributed by atoms with E-state index in [9.17, 15) is 14.7 Å². The Balaban J connectivity index is 1.51. The molecule has 228 valence electrons. The molecule has 2 aliphatic rings. The number of aromatic nitrogens is 1. The molecule has 44 heavy (non-hydrogen) atoms. The minimum Gasteiger partial charge on any atom is -0.507 e. The second-order valence-electron chi connectivity index (χ2n) is 10.8. The third-order valence-corrected chi connectivity index (χ3v) is 8.76. The largest absolute Gasteiger partial charge is 0.507 e. The van der Waals surface area contributed by atoms with E-state index >= 15 is 0 Å². The van der Waals surface area contributed by atoms with Gasteiger partial charge in [0.15, 0.2) is 16.6 Å². The number of hydrogen-bond acceptors (Lipinski definition) is 9. The summed E-state index contributed by atoms with van der Waals surface area (Å²) in [6.45, 7) is 6.87. The van der Waals surface area contributed by atoms with Crippen LogP contribution < -0.4 is 23.8 Å². The average Bonchev–Trinajstić information content (AvgIpc) is 3.69. The summed E-state index contributed by atoms with van der Waals surface area (Å²) in [7, 11) is 1.58. The fraction of sp³-hybridized carbons (Fsp3) is 0.324. The van der Waals surface area contributed by atoms with E-state index in [0.717, 1.165) is 28.9 Å². The highest BCUT2D eigenvalue weighted by atomic mass is 32.1. The number of amides is 1. The van der Waals surface area contributed by atoms with Crippen LogP contribution in [-0.2, 0) is 16.0 Å². The van der Waals surface area contributed by atoms with Gasteiger partial charge >= 0.3 is 5.91 Å². The molecule has 0 radical (unpaired) electrons. The van der Waals surface area contributed by atoms with Crippen molar-refractivity contribution < 1.29 is 33.6 Å². The number of unbranched alkanes of at least 4 members (excludes halogenated alkanes) is 1. The first-order valence-electron chi connectivity index (χ1n) is 14.8. The molecule has 1 saturated heterocycles. The van der Waals surface area contributed by atoms with Crippen LogP contribution in [0.25, 0.3) is 16.0 Å². The van der Waals surface area contributed by atoms with Crippen LogP contribution in [0, 0.1) is 0 Å². The van der Waals surface area contributed by atoms with Crippen LogP contribution in [0.4, 0.5) is 5.13 Å². The van der Waals surface area contributed by atoms with E-state index in [-0.39, 0.29) is 17.4 Å². The third kappa shape index (κ3) is 5.34. The fourth-order valence-electron chi connectivity index (χ4n) is 5.60. The number of nitrogens with zero attached hydrogens (tertiary/aromatic N) is 2. The van der Waals surface area contributed by atoms with Crippen LogP contribution in [0.15, 0.2) is 60.2 Å². The quantitative estimate of drug-likeness (QED) is 0.0896. The van der Waals surface area contributed by atoms with Gasteiger partial charge in [-0.25, -0.2) is 4.98 Å². The second-order valence-corrected chi connectivity index (χ2v) is 11.8. The van der Waals surface area contributed by atoms with Gasteiger partial charge < -0.3 is 24.1 Å². The lowest BCUT2D eigenvalue weighted by molar-refractivity contribution is -0.132. The topological polar surface area (TPSA) is 107 Å². The Hall–Kier alpha value is -4.57. The van der Waals surface area contributed by atoms with Crippen molar-refractivity contribution in [3.8, 4) is 23.0 Å². The molecule has 1 fully saturated rings. The number of methoxy groups -OCH3 is 1. The number of Topliss-reactive ketones (excluding diaryl/α,β-unsaturated/α-hetero) is 1. The van der Waals surface area contributed by atoms with Crippen molar-refractivity contribution in [2.24, 2.45) is 0 Å². The average molecular weight is 615 g/mol. The molecule has 9 nitrogen and oxygen atoms in total. The van der Waals surface area contributed by atoms with Crippen LogP contribution >= 0.6 is 11.3 Å². The molecule has 1 N–H and O–H groups in total. The molecular weight excluding hydrogens is 580 g/mol. The Morgan fingerprint density at radius 1 is 1.07 bits per heavy atom. The predicted molar refractivity (Wildman–Crippen MR) is 169 cm³/mol. The first-order valence-corrected chi connectivity index (χ1v) is 15.6. The number of benzene rings is 3. The minimum atomic E-state index is -0.968. The summed E-state index contributed by atoms with van der Waals surface area (Å²) in [4.78, 5) is 33.7. The van der Waals surface area contributed by atoms with Gasteiger partial charge in [0, 0.05) is 12.0 Å². The number of rotatable bonds is 10. The lowest BCUT2D eigenvalue weighted by Gasteiger charge is -2.24. The molecule has 6 rings (SSSR count). The van der Waals surface area contributed by atoms with Gasteiger partial charge in [0.2, 0.25) is 0 Å². The molecule has 2 aliphatic heterocycles. The van der Waals surface area contributed by atoms with Crippen LogP contribution in [0.5, 0.6) is 23.0 Å². The standard InChI is InChI=1S/C34H34N2O7S/c1-5-7-14-42-26-13-8-20(17-27(26)41-6-2)30-29(31(37)21-9-12-25-22(16-21)15-19(3)43-25)32(38)33(39)36(30)34-35-24-11-10-23(40-4)18-28(24)44-34/h8-13,16-19,30,37H,5-7,14-15H2,1-4H3/b31-29+/t19-,30-/m1/s1. The Bertz CT molecular complexity index is 1780. The van der Waals surface area contributed by atoms with Crippen molar-refractivity contribution in [3.05, 3.63) is 76.9 Å². The Labute approximate surface area is 259 Å². The maximum absolute atomic E-state index is 13.8. The van der Waals surface area contributed by atoms with E-state index in [4.69, 9.17) is 23.9 Å². The molecule has 0 spiro atoms. The minimum absolute atomic E-state index is 0.0145. The van der Waals surface area contributed by atoms with Crippen molar-refractivity contribution in [2.75, 3.05) is 25.2 Å². The molecule has 4 aromatic rings. The number of carbonyl (C=O) groups is 2. The van der Waals surface area contributed by atoms with Gasteiger partial charge in [-0.3, -0.25) is 14.5 Å². The lowest BCUT2D eigenvalue weighted by atomic mass is 9.94. The number of ether oxygens (including phenoxy) is 4. The summed E-state index contributed by atoms with van der Waals surface area (Å²) in [5.74, 6) is 0.627. The number of hydrogen-bond donors (Lipinski definition) is 1. The maximum Gasteiger partial charge on any atom is 0.301 e.